The minimum atomic E-state index is -4.48. The predicted octanol–water partition coefficient (Wildman–Crippen LogP) is 4.36. The summed E-state index contributed by atoms with van der Waals surface area (Å²) in [6.45, 7) is 2.19. The van der Waals surface area contributed by atoms with Gasteiger partial charge in [-0.2, -0.15) is 13.2 Å². The first kappa shape index (κ1) is 22.6. The second kappa shape index (κ2) is 8.26. The number of aliphatic hydroxyl groups is 1. The van der Waals surface area contributed by atoms with Crippen LogP contribution < -0.4 is 25.6 Å². The molecule has 0 aromatic heterocycles. The molecule has 9 heteroatoms. The molecule has 0 unspecified atom stereocenters. The number of hydrazine groups is 1. The fraction of sp³-hybridized carbons (Fsp3) is 0.154. The highest BCUT2D eigenvalue weighted by Crippen LogP contribution is 2.36. The van der Waals surface area contributed by atoms with E-state index in [2.05, 4.69) is 5.43 Å². The van der Waals surface area contributed by atoms with Gasteiger partial charge in [0.05, 0.1) is 24.1 Å². The van der Waals surface area contributed by atoms with Gasteiger partial charge < -0.3 is 14.7 Å². The largest absolute Gasteiger partial charge is 0.497 e. The fourth-order valence-electron chi connectivity index (χ4n) is 4.36. The molecule has 0 aliphatic carbocycles. The molecule has 2 aliphatic heterocycles. The first-order valence-corrected chi connectivity index (χ1v) is 10.8. The molecule has 0 saturated heterocycles. The maximum Gasteiger partial charge on any atom is 0.416 e. The minimum absolute atomic E-state index is 0.249. The Morgan fingerprint density at radius 2 is 1.66 bits per heavy atom. The van der Waals surface area contributed by atoms with E-state index in [0.29, 0.717) is 28.9 Å². The van der Waals surface area contributed by atoms with E-state index in [1.807, 2.05) is 36.1 Å². The van der Waals surface area contributed by atoms with Gasteiger partial charge in [0, 0.05) is 22.7 Å². The third kappa shape index (κ3) is 3.82. The highest BCUT2D eigenvalue weighted by molar-refractivity contribution is 5.77. The average Bonchev–Trinajstić information content (AvgIpc) is 3.18. The van der Waals surface area contributed by atoms with Gasteiger partial charge in [0.25, 0.3) is 0 Å². The lowest BCUT2D eigenvalue weighted by Crippen LogP contribution is -2.44. The lowest BCUT2D eigenvalue weighted by Gasteiger charge is -2.30. The van der Waals surface area contributed by atoms with Gasteiger partial charge in [0.1, 0.15) is 17.3 Å². The summed E-state index contributed by atoms with van der Waals surface area (Å²) in [7, 11) is 1.58. The summed E-state index contributed by atoms with van der Waals surface area (Å²) in [6, 6.07) is 16.5. The van der Waals surface area contributed by atoms with E-state index in [-0.39, 0.29) is 16.8 Å². The van der Waals surface area contributed by atoms with Gasteiger partial charge in [0.2, 0.25) is 5.88 Å². The topological polar surface area (TPSA) is 48.0 Å². The zero-order valence-electron chi connectivity index (χ0n) is 18.8. The molecule has 0 atom stereocenters. The number of ether oxygens (including phenoxy) is 1. The van der Waals surface area contributed by atoms with Crippen LogP contribution >= 0.6 is 0 Å². The van der Waals surface area contributed by atoms with Crippen LogP contribution in [0.5, 0.6) is 5.75 Å². The number of hydrogen-bond acceptors (Lipinski definition) is 5. The second-order valence-electron chi connectivity index (χ2n) is 8.22. The molecular weight excluding hydrogens is 462 g/mol. The maximum atomic E-state index is 15.0. The van der Waals surface area contributed by atoms with E-state index in [0.717, 1.165) is 23.4 Å². The number of alkyl halides is 3. The predicted molar refractivity (Wildman–Crippen MR) is 123 cm³/mol. The van der Waals surface area contributed by atoms with Gasteiger partial charge in [-0.25, -0.2) is 9.40 Å². The van der Waals surface area contributed by atoms with Gasteiger partial charge in [0.15, 0.2) is 0 Å². The van der Waals surface area contributed by atoms with Crippen LogP contribution in [0.1, 0.15) is 18.1 Å². The summed E-state index contributed by atoms with van der Waals surface area (Å²) in [4.78, 5) is 1.85. The zero-order valence-corrected chi connectivity index (χ0v) is 18.8. The average molecular weight is 483 g/mol. The third-order valence-electron chi connectivity index (χ3n) is 6.16. The number of anilines is 1. The van der Waals surface area contributed by atoms with Gasteiger partial charge >= 0.3 is 6.18 Å². The number of benzene rings is 3. The van der Waals surface area contributed by atoms with Gasteiger partial charge in [-0.05, 0) is 55.0 Å². The molecule has 0 radical (unpaired) electrons. The van der Waals surface area contributed by atoms with Crippen LogP contribution in [-0.2, 0) is 12.7 Å². The van der Waals surface area contributed by atoms with Crippen LogP contribution in [0.4, 0.5) is 23.2 Å². The number of nitrogens with one attached hydrogen (secondary N) is 1. The van der Waals surface area contributed by atoms with E-state index in [1.54, 1.807) is 19.2 Å². The Morgan fingerprint density at radius 3 is 2.29 bits per heavy atom. The monoisotopic (exact) mass is 483 g/mol. The Labute approximate surface area is 198 Å². The number of nitrogens with zero attached hydrogens (tertiary/aromatic N) is 2. The molecule has 0 amide bonds. The van der Waals surface area contributed by atoms with Crippen molar-refractivity contribution in [1.82, 2.24) is 10.3 Å². The van der Waals surface area contributed by atoms with E-state index in [1.165, 1.54) is 23.2 Å². The Balaban J connectivity index is 1.64. The molecule has 0 bridgehead atoms. The third-order valence-corrected chi connectivity index (χ3v) is 6.16. The van der Waals surface area contributed by atoms with E-state index in [9.17, 15) is 18.3 Å². The van der Waals surface area contributed by atoms with Crippen molar-refractivity contribution < 1.29 is 27.4 Å². The number of fused-ring (bicyclic) bond motifs is 2. The van der Waals surface area contributed by atoms with Crippen LogP contribution in [-0.4, -0.2) is 17.1 Å². The Hall–Kier alpha value is -4.14. The summed E-state index contributed by atoms with van der Waals surface area (Å²) in [5.41, 5.74) is 4.75. The van der Waals surface area contributed by atoms with Gasteiger partial charge in [-0.15, -0.1) is 0 Å². The van der Waals surface area contributed by atoms with E-state index in [4.69, 9.17) is 4.74 Å². The summed E-state index contributed by atoms with van der Waals surface area (Å²) in [5, 5.41) is 13.4. The standard InChI is InChI=1S/C26H21F4N3O2/c1-15-20-4-3-5-21(27)22(20)23-24(32(15)14-16-6-12-19(35-2)13-7-16)25(34)33(31-23)18-10-8-17(9-11-18)26(28,29)30/h3-13,31,34H,14H2,1-2H3. The summed E-state index contributed by atoms with van der Waals surface area (Å²) >= 11 is 0. The fourth-order valence-corrected chi connectivity index (χ4v) is 4.36. The van der Waals surface area contributed by atoms with Crippen LogP contribution in [0.25, 0.3) is 11.4 Å². The van der Waals surface area contributed by atoms with Crippen LogP contribution in [0.15, 0.2) is 78.3 Å². The lowest BCUT2D eigenvalue weighted by atomic mass is 10.0. The molecule has 3 aromatic carbocycles. The molecule has 2 N–H and O–H groups in total. The highest BCUT2D eigenvalue weighted by Gasteiger charge is 2.37. The number of methoxy groups -OCH3 is 1. The molecule has 0 saturated carbocycles. The Bertz CT molecular complexity index is 1450. The molecule has 3 aromatic rings. The van der Waals surface area contributed by atoms with Gasteiger partial charge in [-0.1, -0.05) is 24.3 Å². The number of aliphatic hydroxyl groups excluding tert-OH is 1. The molecule has 2 aliphatic rings. The second-order valence-corrected chi connectivity index (χ2v) is 8.22. The normalized spacial score (nSPS) is 15.3. The van der Waals surface area contributed by atoms with Crippen LogP contribution in [0.3, 0.4) is 0 Å². The first-order chi connectivity index (χ1) is 16.7. The van der Waals surface area contributed by atoms with Crippen molar-refractivity contribution in [1.29, 1.82) is 0 Å². The summed E-state index contributed by atoms with van der Waals surface area (Å²) in [6.07, 6.45) is -4.48. The molecule has 0 fully saturated rings. The molecule has 5 rings (SSSR count). The highest BCUT2D eigenvalue weighted by atomic mass is 19.4. The van der Waals surface area contributed by atoms with Crippen LogP contribution in [0, 0.1) is 5.82 Å². The quantitative estimate of drug-likeness (QED) is 0.541. The zero-order chi connectivity index (χ0) is 24.9. The molecule has 35 heavy (non-hydrogen) atoms. The van der Waals surface area contributed by atoms with Crippen molar-refractivity contribution in [2.45, 2.75) is 19.6 Å². The molecule has 5 nitrogen and oxygen atoms in total. The van der Waals surface area contributed by atoms with E-state index >= 15 is 4.39 Å². The molecular formula is C26H21F4N3O2. The number of halogens is 4. The summed E-state index contributed by atoms with van der Waals surface area (Å²) < 4.78 is 59.3. The van der Waals surface area contributed by atoms with E-state index < -0.39 is 17.6 Å². The van der Waals surface area contributed by atoms with Gasteiger partial charge in [-0.3, -0.25) is 5.43 Å². The first-order valence-electron chi connectivity index (χ1n) is 10.8. The van der Waals surface area contributed by atoms with Crippen molar-refractivity contribution in [3.8, 4) is 5.75 Å². The Morgan fingerprint density at radius 1 is 0.971 bits per heavy atom. The lowest BCUT2D eigenvalue weighted by molar-refractivity contribution is -0.137. The molecule has 0 spiro atoms. The molecule has 2 heterocycles. The minimum Gasteiger partial charge on any atom is -0.497 e. The molecule has 180 valence electrons. The van der Waals surface area contributed by atoms with Crippen molar-refractivity contribution in [2.24, 2.45) is 0 Å². The Kier molecular flexibility index (Phi) is 5.35. The van der Waals surface area contributed by atoms with Crippen molar-refractivity contribution >= 4 is 17.1 Å². The number of rotatable bonds is 4. The van der Waals surface area contributed by atoms with Crippen molar-refractivity contribution in [2.75, 3.05) is 12.1 Å². The smallest absolute Gasteiger partial charge is 0.416 e. The number of hydrogen-bond donors (Lipinski definition) is 2. The van der Waals surface area contributed by atoms with Crippen molar-refractivity contribution in [3.05, 3.63) is 106 Å². The van der Waals surface area contributed by atoms with Crippen molar-refractivity contribution in [3.63, 3.8) is 0 Å². The van der Waals surface area contributed by atoms with Crippen LogP contribution in [0.2, 0.25) is 0 Å². The maximum absolute atomic E-state index is 15.0. The SMILES string of the molecule is COc1ccc(CN2C3=C(O)N(c4ccc(C(F)(F)F)cc4)NC3=c3c(F)cccc3=C2C)cc1. The summed E-state index contributed by atoms with van der Waals surface area (Å²) in [5.74, 6) is -0.0274.